The summed E-state index contributed by atoms with van der Waals surface area (Å²) in [5, 5.41) is 3.20. The minimum absolute atomic E-state index is 0.0271. The number of hydrogen-bond acceptors (Lipinski definition) is 4. The van der Waals surface area contributed by atoms with E-state index in [0.717, 1.165) is 9.87 Å². The first-order chi connectivity index (χ1) is 13.1. The lowest BCUT2D eigenvalue weighted by atomic mass is 10.0. The number of halogens is 1. The molecule has 2 rings (SSSR count). The molecule has 0 heterocycles. The van der Waals surface area contributed by atoms with Gasteiger partial charge in [-0.25, -0.2) is 12.7 Å². The normalized spacial score (nSPS) is 13.0. The molecule has 2 aromatic carbocycles. The van der Waals surface area contributed by atoms with Crippen molar-refractivity contribution in [2.24, 2.45) is 0 Å². The Morgan fingerprint density at radius 3 is 2.29 bits per heavy atom. The van der Waals surface area contributed by atoms with Gasteiger partial charge < -0.3 is 10.2 Å². The van der Waals surface area contributed by atoms with Crippen molar-refractivity contribution in [3.05, 3.63) is 64.7 Å². The maximum Gasteiger partial charge on any atom is 0.253 e. The molecule has 0 radical (unpaired) electrons. The molecule has 0 aliphatic rings. The summed E-state index contributed by atoms with van der Waals surface area (Å²) < 4.78 is 25.8. The molecule has 0 saturated heterocycles. The van der Waals surface area contributed by atoms with E-state index >= 15 is 0 Å². The number of amides is 1. The number of hydrogen-bond donors (Lipinski definition) is 1. The van der Waals surface area contributed by atoms with E-state index in [1.54, 1.807) is 0 Å². The second-order valence-corrected chi connectivity index (χ2v) is 9.61. The molecule has 8 heteroatoms. The molecule has 0 saturated carbocycles. The van der Waals surface area contributed by atoms with E-state index in [-0.39, 0.29) is 21.5 Å². The van der Waals surface area contributed by atoms with E-state index < -0.39 is 15.9 Å². The van der Waals surface area contributed by atoms with Crippen molar-refractivity contribution in [2.45, 2.75) is 17.4 Å². The Hall–Kier alpha value is -1.93. The molecule has 0 aliphatic carbocycles. The first-order valence-corrected chi connectivity index (χ1v) is 10.6. The van der Waals surface area contributed by atoms with Crippen molar-refractivity contribution in [3.8, 4) is 0 Å². The van der Waals surface area contributed by atoms with Crippen molar-refractivity contribution in [1.29, 1.82) is 0 Å². The fourth-order valence-electron chi connectivity index (χ4n) is 2.81. The van der Waals surface area contributed by atoms with Gasteiger partial charge in [0, 0.05) is 26.7 Å². The van der Waals surface area contributed by atoms with Crippen LogP contribution in [-0.2, 0) is 16.4 Å². The van der Waals surface area contributed by atoms with E-state index in [0.29, 0.717) is 13.0 Å². The molecular formula is C20H26ClN3O3S. The molecule has 1 N–H and O–H groups in total. The average molecular weight is 424 g/mol. The predicted molar refractivity (Wildman–Crippen MR) is 112 cm³/mol. The topological polar surface area (TPSA) is 69.7 Å². The predicted octanol–water partition coefficient (Wildman–Crippen LogP) is 2.49. The van der Waals surface area contributed by atoms with Crippen LogP contribution in [0.25, 0.3) is 0 Å². The smallest absolute Gasteiger partial charge is 0.253 e. The summed E-state index contributed by atoms with van der Waals surface area (Å²) in [6.45, 7) is 0.633. The highest BCUT2D eigenvalue weighted by molar-refractivity contribution is 7.89. The Bertz CT molecular complexity index is 916. The third kappa shape index (κ3) is 5.78. The fourth-order valence-corrected chi connectivity index (χ4v) is 3.95. The number of rotatable bonds is 8. The lowest BCUT2D eigenvalue weighted by molar-refractivity contribution is 0.0930. The minimum atomic E-state index is -3.66. The molecule has 2 aromatic rings. The van der Waals surface area contributed by atoms with Crippen molar-refractivity contribution >= 4 is 27.5 Å². The van der Waals surface area contributed by atoms with Crippen LogP contribution in [0.3, 0.4) is 0 Å². The molecule has 0 bridgehead atoms. The van der Waals surface area contributed by atoms with Gasteiger partial charge in [-0.1, -0.05) is 41.9 Å². The van der Waals surface area contributed by atoms with Gasteiger partial charge in [-0.15, -0.1) is 0 Å². The zero-order valence-corrected chi connectivity index (χ0v) is 18.1. The van der Waals surface area contributed by atoms with Gasteiger partial charge in [0.25, 0.3) is 5.91 Å². The van der Waals surface area contributed by atoms with Crippen LogP contribution in [0.15, 0.2) is 53.4 Å². The highest BCUT2D eigenvalue weighted by Crippen LogP contribution is 2.22. The molecule has 1 amide bonds. The average Bonchev–Trinajstić information content (AvgIpc) is 2.61. The fraction of sp³-hybridized carbons (Fsp3) is 0.350. The molecule has 28 heavy (non-hydrogen) atoms. The Labute approximate surface area is 172 Å². The molecular weight excluding hydrogens is 398 g/mol. The summed E-state index contributed by atoms with van der Waals surface area (Å²) in [4.78, 5) is 14.9. The molecule has 0 aliphatic heterocycles. The monoisotopic (exact) mass is 423 g/mol. The van der Waals surface area contributed by atoms with Crippen molar-refractivity contribution in [2.75, 3.05) is 34.7 Å². The molecule has 0 fully saturated rings. The number of carbonyl (C=O) groups excluding carboxylic acids is 1. The molecule has 0 spiro atoms. The third-order valence-corrected chi connectivity index (χ3v) is 6.35. The van der Waals surface area contributed by atoms with E-state index in [2.05, 4.69) is 5.32 Å². The van der Waals surface area contributed by atoms with Crippen LogP contribution in [0, 0.1) is 0 Å². The molecule has 1 unspecified atom stereocenters. The number of benzene rings is 2. The number of nitrogens with one attached hydrogen (secondary N) is 1. The van der Waals surface area contributed by atoms with Crippen molar-refractivity contribution < 1.29 is 13.2 Å². The first kappa shape index (κ1) is 22.4. The lowest BCUT2D eigenvalue weighted by Crippen LogP contribution is -2.43. The van der Waals surface area contributed by atoms with Crippen LogP contribution in [0.2, 0.25) is 5.02 Å². The first-order valence-electron chi connectivity index (χ1n) is 8.83. The molecule has 1 atom stereocenters. The van der Waals surface area contributed by atoms with Gasteiger partial charge in [0.2, 0.25) is 10.0 Å². The quantitative estimate of drug-likeness (QED) is 0.708. The summed E-state index contributed by atoms with van der Waals surface area (Å²) in [7, 11) is 3.09. The Balaban J connectivity index is 2.27. The van der Waals surface area contributed by atoms with E-state index in [1.807, 2.05) is 49.3 Å². The molecule has 152 valence electrons. The van der Waals surface area contributed by atoms with Crippen LogP contribution >= 0.6 is 11.6 Å². The highest BCUT2D eigenvalue weighted by Gasteiger charge is 2.22. The largest absolute Gasteiger partial charge is 0.348 e. The highest BCUT2D eigenvalue weighted by atomic mass is 35.5. The zero-order valence-electron chi connectivity index (χ0n) is 16.5. The summed E-state index contributed by atoms with van der Waals surface area (Å²) in [6.07, 6.45) is 0.651. The summed E-state index contributed by atoms with van der Waals surface area (Å²) >= 11 is 6.19. The van der Waals surface area contributed by atoms with Gasteiger partial charge in [0.05, 0.1) is 15.5 Å². The Morgan fingerprint density at radius 1 is 1.07 bits per heavy atom. The standard InChI is InChI=1S/C20H26ClN3O3S/c1-23(2)14-16(12-15-8-6-5-7-9-15)22-20(25)18-13-17(10-11-19(18)21)28(26,27)24(3)4/h5-11,13,16H,12,14H2,1-4H3,(H,22,25). The molecule has 0 aromatic heterocycles. The Morgan fingerprint density at radius 2 is 1.71 bits per heavy atom. The SMILES string of the molecule is CN(C)CC(Cc1ccccc1)NC(=O)c1cc(S(=O)(=O)N(C)C)ccc1Cl. The van der Waals surface area contributed by atoms with Crippen LogP contribution < -0.4 is 5.32 Å². The number of nitrogens with zero attached hydrogens (tertiary/aromatic N) is 2. The summed E-state index contributed by atoms with van der Waals surface area (Å²) in [5.74, 6) is -0.399. The van der Waals surface area contributed by atoms with Gasteiger partial charge in [0.1, 0.15) is 0 Å². The van der Waals surface area contributed by atoms with Crippen LogP contribution in [0.5, 0.6) is 0 Å². The van der Waals surface area contributed by atoms with Crippen molar-refractivity contribution in [3.63, 3.8) is 0 Å². The lowest BCUT2D eigenvalue weighted by Gasteiger charge is -2.23. The third-order valence-electron chi connectivity index (χ3n) is 4.21. The summed E-state index contributed by atoms with van der Waals surface area (Å²) in [6, 6.07) is 13.9. The number of carbonyl (C=O) groups is 1. The van der Waals surface area contributed by atoms with Gasteiger partial charge in [-0.2, -0.15) is 0 Å². The zero-order chi connectivity index (χ0) is 20.9. The van der Waals surface area contributed by atoms with Crippen molar-refractivity contribution in [1.82, 2.24) is 14.5 Å². The maximum absolute atomic E-state index is 12.9. The van der Waals surface area contributed by atoms with Gasteiger partial charge in [-0.3, -0.25) is 4.79 Å². The number of sulfonamides is 1. The summed E-state index contributed by atoms with van der Waals surface area (Å²) in [5.41, 5.74) is 1.24. The minimum Gasteiger partial charge on any atom is -0.348 e. The second-order valence-electron chi connectivity index (χ2n) is 7.05. The second kappa shape index (κ2) is 9.52. The Kier molecular flexibility index (Phi) is 7.60. The van der Waals surface area contributed by atoms with E-state index in [9.17, 15) is 13.2 Å². The van der Waals surface area contributed by atoms with Crippen LogP contribution in [0.4, 0.5) is 0 Å². The maximum atomic E-state index is 12.9. The van der Waals surface area contributed by atoms with Crippen LogP contribution in [0.1, 0.15) is 15.9 Å². The molecule has 6 nitrogen and oxygen atoms in total. The van der Waals surface area contributed by atoms with Gasteiger partial charge >= 0.3 is 0 Å². The van der Waals surface area contributed by atoms with Gasteiger partial charge in [-0.05, 0) is 44.3 Å². The number of likely N-dealkylation sites (N-methyl/N-ethyl adjacent to an activating group) is 1. The van der Waals surface area contributed by atoms with E-state index in [4.69, 9.17) is 11.6 Å². The van der Waals surface area contributed by atoms with Gasteiger partial charge in [0.15, 0.2) is 0 Å². The van der Waals surface area contributed by atoms with E-state index in [1.165, 1.54) is 32.3 Å². The van der Waals surface area contributed by atoms with Crippen LogP contribution in [-0.4, -0.2) is 64.3 Å².